The van der Waals surface area contributed by atoms with E-state index in [0.717, 1.165) is 31.6 Å². The van der Waals surface area contributed by atoms with Gasteiger partial charge < -0.3 is 19.9 Å². The molecule has 1 aromatic rings. The molecule has 1 saturated carbocycles. The summed E-state index contributed by atoms with van der Waals surface area (Å²) in [6.07, 6.45) is 5.69. The van der Waals surface area contributed by atoms with Gasteiger partial charge in [0, 0.05) is 37.8 Å². The van der Waals surface area contributed by atoms with E-state index in [4.69, 9.17) is 17.0 Å². The highest BCUT2D eigenvalue weighted by atomic mass is 32.1. The lowest BCUT2D eigenvalue weighted by Crippen LogP contribution is -2.53. The first-order valence-electron chi connectivity index (χ1n) is 10.2. The number of carbonyl (C=O) groups excluding carboxylic acids is 2. The normalized spacial score (nSPS) is 17.9. The summed E-state index contributed by atoms with van der Waals surface area (Å²) < 4.78 is 5.04. The first-order chi connectivity index (χ1) is 13.6. The summed E-state index contributed by atoms with van der Waals surface area (Å²) in [5.41, 5.74) is 1.26. The van der Waals surface area contributed by atoms with E-state index in [2.05, 4.69) is 10.2 Å². The van der Waals surface area contributed by atoms with Crippen LogP contribution in [-0.4, -0.2) is 59.6 Å². The molecule has 7 heteroatoms. The Morgan fingerprint density at radius 2 is 1.79 bits per heavy atom. The van der Waals surface area contributed by atoms with Gasteiger partial charge in [-0.1, -0.05) is 25.3 Å². The third-order valence-corrected chi connectivity index (χ3v) is 5.82. The number of piperazine rings is 1. The van der Waals surface area contributed by atoms with Crippen molar-refractivity contribution in [2.24, 2.45) is 5.92 Å². The molecule has 3 rings (SSSR count). The first kappa shape index (κ1) is 20.6. The fraction of sp³-hybridized carbons (Fsp3) is 0.571. The SMILES string of the molecule is CCOC(=O)c1cccc(NC(=S)N2CCN(C(=O)C3CCCCC3)CC2)c1. The molecule has 6 nitrogen and oxygen atoms in total. The highest BCUT2D eigenvalue weighted by Gasteiger charge is 2.29. The van der Waals surface area contributed by atoms with Crippen LogP contribution < -0.4 is 5.32 Å². The Bertz CT molecular complexity index is 711. The summed E-state index contributed by atoms with van der Waals surface area (Å²) in [4.78, 5) is 28.7. The van der Waals surface area contributed by atoms with E-state index in [1.54, 1.807) is 25.1 Å². The van der Waals surface area contributed by atoms with Crippen molar-refractivity contribution < 1.29 is 14.3 Å². The van der Waals surface area contributed by atoms with E-state index >= 15 is 0 Å². The van der Waals surface area contributed by atoms with Gasteiger partial charge in [0.05, 0.1) is 12.2 Å². The molecule has 0 radical (unpaired) electrons. The van der Waals surface area contributed by atoms with Crippen molar-refractivity contribution in [1.29, 1.82) is 0 Å². The fourth-order valence-electron chi connectivity index (χ4n) is 3.88. The van der Waals surface area contributed by atoms with Crippen molar-refractivity contribution >= 4 is 34.9 Å². The number of ether oxygens (including phenoxy) is 1. The zero-order valence-corrected chi connectivity index (χ0v) is 17.3. The van der Waals surface area contributed by atoms with Crippen molar-refractivity contribution in [2.75, 3.05) is 38.1 Å². The van der Waals surface area contributed by atoms with Gasteiger partial charge in [0.15, 0.2) is 5.11 Å². The summed E-state index contributed by atoms with van der Waals surface area (Å²) in [7, 11) is 0. The van der Waals surface area contributed by atoms with Crippen molar-refractivity contribution in [1.82, 2.24) is 9.80 Å². The van der Waals surface area contributed by atoms with Crippen LogP contribution in [-0.2, 0) is 9.53 Å². The Balaban J connectivity index is 1.50. The Kier molecular flexibility index (Phi) is 7.25. The largest absolute Gasteiger partial charge is 0.462 e. The molecule has 1 aliphatic heterocycles. The molecule has 1 aromatic carbocycles. The molecule has 2 fully saturated rings. The van der Waals surface area contributed by atoms with Crippen molar-refractivity contribution in [2.45, 2.75) is 39.0 Å². The van der Waals surface area contributed by atoms with Crippen LogP contribution in [0.2, 0.25) is 0 Å². The van der Waals surface area contributed by atoms with E-state index in [-0.39, 0.29) is 11.9 Å². The fourth-order valence-corrected chi connectivity index (χ4v) is 4.18. The number of amides is 1. The number of carbonyl (C=O) groups is 2. The van der Waals surface area contributed by atoms with Crippen molar-refractivity contribution in [3.8, 4) is 0 Å². The average Bonchev–Trinajstić information content (AvgIpc) is 2.74. The lowest BCUT2D eigenvalue weighted by atomic mass is 9.88. The zero-order chi connectivity index (χ0) is 19.9. The van der Waals surface area contributed by atoms with Gasteiger partial charge in [-0.3, -0.25) is 4.79 Å². The maximum absolute atomic E-state index is 12.7. The van der Waals surface area contributed by atoms with Crippen LogP contribution in [0.3, 0.4) is 0 Å². The molecule has 1 heterocycles. The van der Waals surface area contributed by atoms with Crippen LogP contribution in [0.25, 0.3) is 0 Å². The van der Waals surface area contributed by atoms with Crippen LogP contribution in [0.15, 0.2) is 24.3 Å². The number of esters is 1. The molecule has 1 N–H and O–H groups in total. The maximum atomic E-state index is 12.7. The predicted molar refractivity (Wildman–Crippen MR) is 113 cm³/mol. The lowest BCUT2D eigenvalue weighted by molar-refractivity contribution is -0.137. The number of nitrogens with one attached hydrogen (secondary N) is 1. The summed E-state index contributed by atoms with van der Waals surface area (Å²) >= 11 is 5.54. The smallest absolute Gasteiger partial charge is 0.338 e. The molecule has 0 unspecified atom stereocenters. The minimum atomic E-state index is -0.341. The standard InChI is InChI=1S/C21H29N3O3S/c1-2-27-20(26)17-9-6-10-18(15-17)22-21(28)24-13-11-23(12-14-24)19(25)16-7-4-3-5-8-16/h6,9-10,15-16H,2-5,7-8,11-14H2,1H3,(H,22,28). The highest BCUT2D eigenvalue weighted by Crippen LogP contribution is 2.26. The van der Waals surface area contributed by atoms with Crippen molar-refractivity contribution in [3.63, 3.8) is 0 Å². The number of anilines is 1. The Morgan fingerprint density at radius 3 is 2.46 bits per heavy atom. The van der Waals surface area contributed by atoms with Gasteiger partial charge in [-0.25, -0.2) is 4.79 Å². The molecule has 2 aliphatic rings. The summed E-state index contributed by atoms with van der Waals surface area (Å²) in [6, 6.07) is 7.14. The van der Waals surface area contributed by atoms with Gasteiger partial charge in [0.25, 0.3) is 0 Å². The molecule has 152 valence electrons. The second kappa shape index (κ2) is 9.87. The summed E-state index contributed by atoms with van der Waals surface area (Å²) in [5.74, 6) is 0.197. The number of thiocarbonyl (C=S) groups is 1. The van der Waals surface area contributed by atoms with Gasteiger partial charge in [-0.15, -0.1) is 0 Å². The molecule has 0 aromatic heterocycles. The van der Waals surface area contributed by atoms with E-state index in [1.165, 1.54) is 19.3 Å². The van der Waals surface area contributed by atoms with Crippen LogP contribution >= 0.6 is 12.2 Å². The minimum Gasteiger partial charge on any atom is -0.462 e. The second-order valence-electron chi connectivity index (χ2n) is 7.38. The van der Waals surface area contributed by atoms with Crippen LogP contribution in [0.5, 0.6) is 0 Å². The first-order valence-corrected chi connectivity index (χ1v) is 10.6. The number of nitrogens with zero attached hydrogens (tertiary/aromatic N) is 2. The quantitative estimate of drug-likeness (QED) is 0.615. The monoisotopic (exact) mass is 403 g/mol. The maximum Gasteiger partial charge on any atom is 0.338 e. The Morgan fingerprint density at radius 1 is 1.11 bits per heavy atom. The van der Waals surface area contributed by atoms with Gasteiger partial charge in [-0.2, -0.15) is 0 Å². The topological polar surface area (TPSA) is 61.9 Å². The minimum absolute atomic E-state index is 0.219. The predicted octanol–water partition coefficient (Wildman–Crippen LogP) is 3.28. The molecule has 1 amide bonds. The van der Waals surface area contributed by atoms with Crippen LogP contribution in [0, 0.1) is 5.92 Å². The summed E-state index contributed by atoms with van der Waals surface area (Å²) in [6.45, 7) is 5.00. The molecular formula is C21H29N3O3S. The van der Waals surface area contributed by atoms with Gasteiger partial charge >= 0.3 is 5.97 Å². The van der Waals surface area contributed by atoms with Gasteiger partial charge in [0.1, 0.15) is 0 Å². The van der Waals surface area contributed by atoms with Crippen molar-refractivity contribution in [3.05, 3.63) is 29.8 Å². The Hall–Kier alpha value is -2.15. The lowest BCUT2D eigenvalue weighted by Gasteiger charge is -2.38. The van der Waals surface area contributed by atoms with Gasteiger partial charge in [-0.05, 0) is 50.2 Å². The molecule has 0 spiro atoms. The van der Waals surface area contributed by atoms with Crippen LogP contribution in [0.4, 0.5) is 5.69 Å². The van der Waals surface area contributed by atoms with Crippen LogP contribution in [0.1, 0.15) is 49.4 Å². The third kappa shape index (κ3) is 5.22. The second-order valence-corrected chi connectivity index (χ2v) is 7.77. The molecule has 1 aliphatic carbocycles. The average molecular weight is 404 g/mol. The highest BCUT2D eigenvalue weighted by molar-refractivity contribution is 7.80. The molecule has 0 atom stereocenters. The van der Waals surface area contributed by atoms with E-state index in [1.807, 2.05) is 11.0 Å². The number of benzene rings is 1. The number of hydrogen-bond acceptors (Lipinski definition) is 4. The van der Waals surface area contributed by atoms with E-state index in [0.29, 0.717) is 36.3 Å². The molecular weight excluding hydrogens is 374 g/mol. The number of rotatable bonds is 4. The zero-order valence-electron chi connectivity index (χ0n) is 16.5. The van der Waals surface area contributed by atoms with E-state index in [9.17, 15) is 9.59 Å². The third-order valence-electron chi connectivity index (χ3n) is 5.46. The Labute approximate surface area is 172 Å². The van der Waals surface area contributed by atoms with E-state index < -0.39 is 0 Å². The van der Waals surface area contributed by atoms with Gasteiger partial charge in [0.2, 0.25) is 5.91 Å². The molecule has 1 saturated heterocycles. The molecule has 0 bridgehead atoms. The molecule has 28 heavy (non-hydrogen) atoms. The number of hydrogen-bond donors (Lipinski definition) is 1. The summed E-state index contributed by atoms with van der Waals surface area (Å²) in [5, 5.41) is 3.82.